The van der Waals surface area contributed by atoms with E-state index in [0.717, 1.165) is 17.5 Å². The van der Waals surface area contributed by atoms with E-state index in [-0.39, 0.29) is 28.2 Å². The van der Waals surface area contributed by atoms with E-state index in [1.54, 1.807) is 126 Å². The van der Waals surface area contributed by atoms with Gasteiger partial charge >= 0.3 is 23.6 Å². The van der Waals surface area contributed by atoms with Gasteiger partial charge in [-0.25, -0.2) is 27.6 Å². The topological polar surface area (TPSA) is 298 Å². The minimum atomic E-state index is -3.68. The van der Waals surface area contributed by atoms with Crippen molar-refractivity contribution in [3.63, 3.8) is 0 Å². The SMILES string of the molecule is COC(=O)c1ccc(-c2nnn(-c3ccccc3)n2)cc1.COC(=O)c1ccc(/C=N/NS(=O)(=O)c2ccccc2)cc1.COC(=O)c1ccc(C=O)cc1.N#[N+]c1ccccc1.NNS(=O)(=O)c1ccccc1.[Cl-]. The van der Waals surface area contributed by atoms with Crippen LogP contribution in [0.3, 0.4) is 0 Å². The number of methoxy groups -OCH3 is 3. The summed E-state index contributed by atoms with van der Waals surface area (Å²) in [5.74, 6) is 4.09. The Kier molecular flexibility index (Phi) is 25.0. The van der Waals surface area contributed by atoms with E-state index in [0.29, 0.717) is 39.3 Å². The number of nitrogens with zero attached hydrogens (tertiary/aromatic N) is 7. The summed E-state index contributed by atoms with van der Waals surface area (Å²) in [6.07, 6.45) is 2.07. The third-order valence-electron chi connectivity index (χ3n) is 9.28. The molecule has 0 aliphatic heterocycles. The number of rotatable bonds is 12. The number of hydrazine groups is 1. The van der Waals surface area contributed by atoms with E-state index >= 15 is 0 Å². The van der Waals surface area contributed by atoms with Crippen LogP contribution in [0, 0.1) is 5.39 Å². The van der Waals surface area contributed by atoms with Gasteiger partial charge in [-0.3, -0.25) is 10.6 Å². The van der Waals surface area contributed by atoms with E-state index in [1.165, 1.54) is 56.6 Å². The molecule has 4 N–H and O–H groups in total. The summed E-state index contributed by atoms with van der Waals surface area (Å²) in [7, 11) is -3.18. The van der Waals surface area contributed by atoms with Crippen molar-refractivity contribution < 1.29 is 62.6 Å². The van der Waals surface area contributed by atoms with Crippen LogP contribution < -0.4 is 27.9 Å². The number of hydrogen-bond acceptors (Lipinski definition) is 17. The van der Waals surface area contributed by atoms with Gasteiger partial charge < -0.3 is 26.6 Å². The number of carbonyl (C=O) groups excluding carboxylic acids is 4. The quantitative estimate of drug-likeness (QED) is 0.0294. The van der Waals surface area contributed by atoms with Gasteiger partial charge in [0.05, 0.1) is 59.7 Å². The second-order valence-electron chi connectivity index (χ2n) is 14.2. The van der Waals surface area contributed by atoms with Gasteiger partial charge in [0.1, 0.15) is 6.29 Å². The molecule has 0 saturated carbocycles. The average molecular weight is 1080 g/mol. The number of benzene rings is 7. The first kappa shape index (κ1) is 60.0. The van der Waals surface area contributed by atoms with Crippen LogP contribution in [0.5, 0.6) is 0 Å². The van der Waals surface area contributed by atoms with Gasteiger partial charge in [-0.2, -0.15) is 18.4 Å². The molecule has 0 radical (unpaired) electrons. The van der Waals surface area contributed by atoms with Gasteiger partial charge in [0.25, 0.3) is 20.0 Å². The highest BCUT2D eigenvalue weighted by atomic mass is 35.5. The molecule has 0 unspecified atom stereocenters. The molecule has 0 atom stereocenters. The van der Waals surface area contributed by atoms with Gasteiger partial charge in [0.15, 0.2) is 4.98 Å². The number of diazo groups is 1. The molecule has 0 aliphatic rings. The molecule has 0 spiro atoms. The van der Waals surface area contributed by atoms with Crippen molar-refractivity contribution in [2.75, 3.05) is 21.3 Å². The van der Waals surface area contributed by atoms with E-state index in [4.69, 9.17) is 11.2 Å². The number of nitrogens with one attached hydrogen (secondary N) is 2. The van der Waals surface area contributed by atoms with Gasteiger partial charge in [0.2, 0.25) is 11.2 Å². The zero-order chi connectivity index (χ0) is 53.8. The Hall–Kier alpha value is -9.31. The zero-order valence-corrected chi connectivity index (χ0v) is 42.4. The summed E-state index contributed by atoms with van der Waals surface area (Å²) in [5, 5.41) is 24.2. The molecule has 1 aromatic heterocycles. The van der Waals surface area contributed by atoms with Crippen molar-refractivity contribution in [2.24, 2.45) is 10.9 Å². The maximum Gasteiger partial charge on any atom is 0.385 e. The van der Waals surface area contributed by atoms with Crippen LogP contribution in [0.4, 0.5) is 5.69 Å². The predicted molar refractivity (Wildman–Crippen MR) is 273 cm³/mol. The molecular formula is C51H47ClN10O11S2. The molecule has 7 aromatic carbocycles. The fraction of sp³-hybridized carbons (Fsp3) is 0.0588. The van der Waals surface area contributed by atoms with Gasteiger partial charge in [0, 0.05) is 23.3 Å². The largest absolute Gasteiger partial charge is 1.00 e. The lowest BCUT2D eigenvalue weighted by Gasteiger charge is -2.02. The molecule has 8 aromatic rings. The number of hydrogen-bond donors (Lipinski definition) is 3. The summed E-state index contributed by atoms with van der Waals surface area (Å²) >= 11 is 0. The average Bonchev–Trinajstić information content (AvgIpc) is 3.97. The molecule has 0 bridgehead atoms. The van der Waals surface area contributed by atoms with Crippen molar-refractivity contribution in [3.8, 4) is 17.1 Å². The lowest BCUT2D eigenvalue weighted by atomic mass is 10.1. The minimum absolute atomic E-state index is 0. The first-order valence-corrected chi connectivity index (χ1v) is 24.3. The summed E-state index contributed by atoms with van der Waals surface area (Å²) < 4.78 is 59.5. The Bertz CT molecular complexity index is 3340. The van der Waals surface area contributed by atoms with Crippen LogP contribution in [-0.4, -0.2) is 88.8 Å². The van der Waals surface area contributed by atoms with Gasteiger partial charge in [-0.05, 0) is 83.6 Å². The third kappa shape index (κ3) is 19.7. The number of sulfonamides is 2. The fourth-order valence-corrected chi connectivity index (χ4v) is 6.96. The Morgan fingerprint density at radius 3 is 1.39 bits per heavy atom. The maximum absolute atomic E-state index is 11.9. The number of carbonyl (C=O) groups is 4. The lowest BCUT2D eigenvalue weighted by molar-refractivity contribution is -0.0000669. The van der Waals surface area contributed by atoms with Crippen molar-refractivity contribution in [2.45, 2.75) is 9.79 Å². The van der Waals surface area contributed by atoms with Crippen LogP contribution in [0.1, 0.15) is 47.0 Å². The number of aromatic nitrogens is 4. The summed E-state index contributed by atoms with van der Waals surface area (Å²) in [5.41, 5.74) is 4.73. The van der Waals surface area contributed by atoms with Crippen LogP contribution in [0.2, 0.25) is 0 Å². The fourth-order valence-electron chi connectivity index (χ4n) is 5.50. The summed E-state index contributed by atoms with van der Waals surface area (Å²) in [6.45, 7) is 0. The highest BCUT2D eigenvalue weighted by Crippen LogP contribution is 2.17. The molecular weight excluding hydrogens is 1030 g/mol. The molecule has 0 fully saturated rings. The van der Waals surface area contributed by atoms with Crippen molar-refractivity contribution in [3.05, 3.63) is 227 Å². The number of para-hydroxylation sites is 1. The Morgan fingerprint density at radius 1 is 0.587 bits per heavy atom. The van der Waals surface area contributed by atoms with E-state index in [2.05, 4.69) is 44.5 Å². The van der Waals surface area contributed by atoms with E-state index in [1.807, 2.05) is 48.5 Å². The minimum Gasteiger partial charge on any atom is -1.00 e. The van der Waals surface area contributed by atoms with Gasteiger partial charge in [-0.1, -0.05) is 109 Å². The van der Waals surface area contributed by atoms with Gasteiger partial charge in [-0.15, -0.1) is 15.0 Å². The van der Waals surface area contributed by atoms with Crippen LogP contribution >= 0.6 is 0 Å². The maximum atomic E-state index is 11.9. The standard InChI is InChI=1S/C15H12N4O2.C15H14N2O4S.C9H8O3.C6H8N2O2S.C6H5N2.ClH/c1-21-15(20)12-9-7-11(8-10-12)14-16-18-19(17-14)13-5-3-2-4-6-13;1-21-15(18)13-9-7-12(8-10-13)11-16-17-22(19,20)14-5-3-2-4-6-14;1-12-9(11)8-4-2-7(6-10)3-5-8;7-8-11(9,10)6-4-2-1-3-5-6;7-8-6-4-2-1-3-5-6;/h2-10H,1H3;2-11,17H,1H3;2-6H,1H3;1-5,8H,7H2;1-5H;1H/q;;;;+1;/p-1/b;16-11+;;;;. The molecule has 386 valence electrons. The normalized spacial score (nSPS) is 10.2. The molecule has 21 nitrogen and oxygen atoms in total. The number of ether oxygens (including phenoxy) is 3. The second-order valence-corrected chi connectivity index (χ2v) is 17.6. The van der Waals surface area contributed by atoms with Crippen LogP contribution in [0.25, 0.3) is 22.1 Å². The highest BCUT2D eigenvalue weighted by molar-refractivity contribution is 7.89. The lowest BCUT2D eigenvalue weighted by Crippen LogP contribution is -3.00. The Labute approximate surface area is 438 Å². The summed E-state index contributed by atoms with van der Waals surface area (Å²) in [6, 6.07) is 53.8. The molecule has 8 rings (SSSR count). The zero-order valence-electron chi connectivity index (χ0n) is 40.0. The third-order valence-corrected chi connectivity index (χ3v) is 11.7. The van der Waals surface area contributed by atoms with Crippen LogP contribution in [0.15, 0.2) is 209 Å². The molecule has 24 heteroatoms. The first-order chi connectivity index (χ1) is 35.7. The van der Waals surface area contributed by atoms with E-state index in [9.17, 15) is 36.0 Å². The molecule has 75 heavy (non-hydrogen) atoms. The first-order valence-electron chi connectivity index (χ1n) is 21.3. The second kappa shape index (κ2) is 31.2. The number of hydrazone groups is 1. The Balaban J connectivity index is 0.000000258. The molecule has 0 aliphatic carbocycles. The number of aldehydes is 1. The van der Waals surface area contributed by atoms with E-state index < -0.39 is 32.0 Å². The number of esters is 3. The van der Waals surface area contributed by atoms with Crippen molar-refractivity contribution >= 4 is 56.1 Å². The highest BCUT2D eigenvalue weighted by Gasteiger charge is 2.13. The monoisotopic (exact) mass is 1070 g/mol. The predicted octanol–water partition coefficient (Wildman–Crippen LogP) is 4.20. The smallest absolute Gasteiger partial charge is 0.385 e. The number of tetrazole rings is 1. The molecule has 1 heterocycles. The van der Waals surface area contributed by atoms with Crippen LogP contribution in [-0.2, 0) is 34.3 Å². The molecule has 0 amide bonds. The number of halogens is 1. The summed E-state index contributed by atoms with van der Waals surface area (Å²) in [4.78, 5) is 52.4. The molecule has 0 saturated heterocycles. The van der Waals surface area contributed by atoms with Crippen molar-refractivity contribution in [1.82, 2.24) is 29.9 Å². The van der Waals surface area contributed by atoms with Crippen molar-refractivity contribution in [1.29, 1.82) is 5.39 Å². The Morgan fingerprint density at radius 2 is 0.987 bits per heavy atom. The number of nitrogens with two attached hydrogens (primary N) is 1.